The standard InChI is InChI=1S/C9H18N2O3S/c10-5-9-6-11(2-3-14-9)8-1-4-15(12,13)7-8/h8-9H,1-7,10H2. The third kappa shape index (κ3) is 2.69. The Bertz CT molecular complexity index is 317. The summed E-state index contributed by atoms with van der Waals surface area (Å²) < 4.78 is 28.2. The first-order valence-electron chi connectivity index (χ1n) is 5.37. The lowest BCUT2D eigenvalue weighted by Gasteiger charge is -2.35. The zero-order chi connectivity index (χ0) is 10.9. The summed E-state index contributed by atoms with van der Waals surface area (Å²) in [6, 6.07) is 0.188. The molecule has 2 N–H and O–H groups in total. The van der Waals surface area contributed by atoms with Crippen LogP contribution in [0, 0.1) is 0 Å². The number of sulfone groups is 1. The summed E-state index contributed by atoms with van der Waals surface area (Å²) in [6.07, 6.45) is 0.835. The molecule has 2 saturated heterocycles. The van der Waals surface area contributed by atoms with Crippen LogP contribution in [-0.2, 0) is 14.6 Å². The van der Waals surface area contributed by atoms with Crippen LogP contribution in [0.2, 0.25) is 0 Å². The first-order chi connectivity index (χ1) is 7.11. The fourth-order valence-electron chi connectivity index (χ4n) is 2.28. The van der Waals surface area contributed by atoms with E-state index in [1.807, 2.05) is 0 Å². The minimum absolute atomic E-state index is 0.0713. The van der Waals surface area contributed by atoms with Gasteiger partial charge >= 0.3 is 0 Å². The Morgan fingerprint density at radius 1 is 1.47 bits per heavy atom. The van der Waals surface area contributed by atoms with E-state index < -0.39 is 9.84 Å². The maximum Gasteiger partial charge on any atom is 0.151 e. The maximum atomic E-state index is 11.4. The van der Waals surface area contributed by atoms with Crippen LogP contribution in [0.25, 0.3) is 0 Å². The molecule has 0 amide bonds. The van der Waals surface area contributed by atoms with E-state index >= 15 is 0 Å². The molecule has 0 spiro atoms. The molecule has 2 atom stereocenters. The molecule has 0 radical (unpaired) electrons. The summed E-state index contributed by atoms with van der Waals surface area (Å²) in [5, 5.41) is 0. The summed E-state index contributed by atoms with van der Waals surface area (Å²) in [5.74, 6) is 0.645. The van der Waals surface area contributed by atoms with Crippen LogP contribution in [0.3, 0.4) is 0 Å². The van der Waals surface area contributed by atoms with Crippen molar-refractivity contribution in [2.24, 2.45) is 5.73 Å². The van der Waals surface area contributed by atoms with Crippen LogP contribution in [0.15, 0.2) is 0 Å². The molecule has 0 bridgehead atoms. The fraction of sp³-hybridized carbons (Fsp3) is 1.00. The van der Waals surface area contributed by atoms with Crippen LogP contribution >= 0.6 is 0 Å². The third-order valence-electron chi connectivity index (χ3n) is 3.16. The van der Waals surface area contributed by atoms with Crippen molar-refractivity contribution in [1.29, 1.82) is 0 Å². The minimum Gasteiger partial charge on any atom is -0.374 e. The zero-order valence-electron chi connectivity index (χ0n) is 8.76. The number of hydrogen-bond donors (Lipinski definition) is 1. The summed E-state index contributed by atoms with van der Waals surface area (Å²) >= 11 is 0. The molecule has 6 heteroatoms. The Labute approximate surface area is 90.5 Å². The van der Waals surface area contributed by atoms with Crippen molar-refractivity contribution >= 4 is 9.84 Å². The Morgan fingerprint density at radius 3 is 2.87 bits per heavy atom. The fourth-order valence-corrected chi connectivity index (χ4v) is 4.04. The highest BCUT2D eigenvalue weighted by Crippen LogP contribution is 2.19. The van der Waals surface area contributed by atoms with Crippen LogP contribution in [-0.4, -0.2) is 63.2 Å². The van der Waals surface area contributed by atoms with Crippen LogP contribution in [0.5, 0.6) is 0 Å². The maximum absolute atomic E-state index is 11.4. The Kier molecular flexibility index (Phi) is 3.30. The van der Waals surface area contributed by atoms with Gasteiger partial charge < -0.3 is 10.5 Å². The summed E-state index contributed by atoms with van der Waals surface area (Å²) in [5.41, 5.74) is 5.55. The van der Waals surface area contributed by atoms with Gasteiger partial charge in [-0.15, -0.1) is 0 Å². The van der Waals surface area contributed by atoms with E-state index in [-0.39, 0.29) is 12.1 Å². The van der Waals surface area contributed by atoms with Gasteiger partial charge in [-0.1, -0.05) is 0 Å². The first-order valence-corrected chi connectivity index (χ1v) is 7.19. The lowest BCUT2D eigenvalue weighted by Crippen LogP contribution is -2.50. The first kappa shape index (κ1) is 11.3. The highest BCUT2D eigenvalue weighted by Gasteiger charge is 2.34. The molecule has 2 heterocycles. The largest absolute Gasteiger partial charge is 0.374 e. The minimum atomic E-state index is -2.78. The Balaban J connectivity index is 1.94. The van der Waals surface area contributed by atoms with Crippen LogP contribution in [0.4, 0.5) is 0 Å². The van der Waals surface area contributed by atoms with Gasteiger partial charge in [-0.05, 0) is 6.42 Å². The molecule has 0 aliphatic carbocycles. The molecular formula is C9H18N2O3S. The lowest BCUT2D eigenvalue weighted by atomic mass is 10.2. The summed E-state index contributed by atoms with van der Waals surface area (Å²) in [6.45, 7) is 2.78. The number of hydrogen-bond acceptors (Lipinski definition) is 5. The number of morpholine rings is 1. The van der Waals surface area contributed by atoms with Crippen molar-refractivity contribution in [3.05, 3.63) is 0 Å². The molecule has 5 nitrogen and oxygen atoms in total. The smallest absolute Gasteiger partial charge is 0.151 e. The van der Waals surface area contributed by atoms with Gasteiger partial charge in [0.2, 0.25) is 0 Å². The SMILES string of the molecule is NCC1CN(C2CCS(=O)(=O)C2)CCO1. The second-order valence-corrected chi connectivity index (χ2v) is 6.51. The summed E-state index contributed by atoms with van der Waals surface area (Å²) in [7, 11) is -2.78. The van der Waals surface area contributed by atoms with E-state index in [1.165, 1.54) is 0 Å². The number of nitrogens with zero attached hydrogens (tertiary/aromatic N) is 1. The predicted octanol–water partition coefficient (Wildman–Crippen LogP) is -1.17. The quantitative estimate of drug-likeness (QED) is 0.652. The van der Waals surface area contributed by atoms with E-state index in [0.29, 0.717) is 24.7 Å². The van der Waals surface area contributed by atoms with Gasteiger partial charge in [0.1, 0.15) is 0 Å². The van der Waals surface area contributed by atoms with Gasteiger partial charge in [-0.2, -0.15) is 0 Å². The van der Waals surface area contributed by atoms with Crippen molar-refractivity contribution in [3.8, 4) is 0 Å². The Hall–Kier alpha value is -0.170. The molecule has 0 aromatic heterocycles. The number of ether oxygens (including phenoxy) is 1. The van der Waals surface area contributed by atoms with E-state index in [0.717, 1.165) is 19.5 Å². The van der Waals surface area contributed by atoms with Crippen molar-refractivity contribution in [2.45, 2.75) is 18.6 Å². The second-order valence-electron chi connectivity index (χ2n) is 4.28. The van der Waals surface area contributed by atoms with Gasteiger partial charge in [0, 0.05) is 25.7 Å². The van der Waals surface area contributed by atoms with E-state index in [1.54, 1.807) is 0 Å². The highest BCUT2D eigenvalue weighted by atomic mass is 32.2. The molecule has 0 aromatic rings. The van der Waals surface area contributed by atoms with Crippen LogP contribution < -0.4 is 5.73 Å². The van der Waals surface area contributed by atoms with Crippen LogP contribution in [0.1, 0.15) is 6.42 Å². The second kappa shape index (κ2) is 4.37. The molecular weight excluding hydrogens is 216 g/mol. The number of rotatable bonds is 2. The molecule has 15 heavy (non-hydrogen) atoms. The van der Waals surface area contributed by atoms with E-state index in [9.17, 15) is 8.42 Å². The molecule has 2 rings (SSSR count). The van der Waals surface area contributed by atoms with Crippen molar-refractivity contribution < 1.29 is 13.2 Å². The predicted molar refractivity (Wildman–Crippen MR) is 57.4 cm³/mol. The molecule has 88 valence electrons. The number of nitrogens with two attached hydrogens (primary N) is 1. The molecule has 0 aromatic carbocycles. The normalized spacial score (nSPS) is 36.9. The Morgan fingerprint density at radius 2 is 2.27 bits per heavy atom. The lowest BCUT2D eigenvalue weighted by molar-refractivity contribution is -0.0348. The molecule has 0 saturated carbocycles. The third-order valence-corrected chi connectivity index (χ3v) is 4.91. The van der Waals surface area contributed by atoms with E-state index in [4.69, 9.17) is 10.5 Å². The average molecular weight is 234 g/mol. The monoisotopic (exact) mass is 234 g/mol. The molecule has 2 aliphatic heterocycles. The highest BCUT2D eigenvalue weighted by molar-refractivity contribution is 7.91. The molecule has 2 unspecified atom stereocenters. The topological polar surface area (TPSA) is 72.6 Å². The zero-order valence-corrected chi connectivity index (χ0v) is 9.58. The van der Waals surface area contributed by atoms with Crippen molar-refractivity contribution in [1.82, 2.24) is 4.90 Å². The molecule has 2 aliphatic rings. The van der Waals surface area contributed by atoms with Crippen molar-refractivity contribution in [3.63, 3.8) is 0 Å². The van der Waals surface area contributed by atoms with Gasteiger partial charge in [0.25, 0.3) is 0 Å². The van der Waals surface area contributed by atoms with Crippen molar-refractivity contribution in [2.75, 3.05) is 37.7 Å². The average Bonchev–Trinajstić information content (AvgIpc) is 2.59. The molecule has 2 fully saturated rings. The summed E-state index contributed by atoms with van der Waals surface area (Å²) in [4.78, 5) is 2.21. The van der Waals surface area contributed by atoms with Gasteiger partial charge in [-0.3, -0.25) is 4.90 Å². The van der Waals surface area contributed by atoms with Gasteiger partial charge in [0.15, 0.2) is 9.84 Å². The van der Waals surface area contributed by atoms with Gasteiger partial charge in [0.05, 0.1) is 24.2 Å². The van der Waals surface area contributed by atoms with Gasteiger partial charge in [-0.25, -0.2) is 8.42 Å². The van der Waals surface area contributed by atoms with E-state index in [2.05, 4.69) is 4.90 Å².